The number of rotatable bonds is 3. The van der Waals surface area contributed by atoms with Crippen LogP contribution in [0.1, 0.15) is 0 Å². The van der Waals surface area contributed by atoms with Crippen molar-refractivity contribution in [2.45, 2.75) is 12.3 Å². The molecule has 0 aliphatic carbocycles. The Morgan fingerprint density at radius 3 is 3.00 bits per heavy atom. The number of nitrogens with two attached hydrogens (primary N) is 1. The molecule has 0 saturated carbocycles. The van der Waals surface area contributed by atoms with Gasteiger partial charge in [0.15, 0.2) is 6.23 Å². The van der Waals surface area contributed by atoms with Crippen LogP contribution >= 0.6 is 0 Å². The van der Waals surface area contributed by atoms with Gasteiger partial charge in [-0.15, -0.1) is 0 Å². The van der Waals surface area contributed by atoms with Crippen molar-refractivity contribution in [2.24, 2.45) is 5.73 Å². The SMILES string of the molecule is C=CC(=O)OC(N)C1CO1. The first-order valence-corrected chi connectivity index (χ1v) is 2.94. The van der Waals surface area contributed by atoms with Crippen molar-refractivity contribution in [1.82, 2.24) is 0 Å². The van der Waals surface area contributed by atoms with Crippen LogP contribution in [0.15, 0.2) is 12.7 Å². The first-order valence-electron chi connectivity index (χ1n) is 2.94. The van der Waals surface area contributed by atoms with Crippen LogP contribution in [0, 0.1) is 0 Å². The van der Waals surface area contributed by atoms with Crippen LogP contribution in [-0.4, -0.2) is 24.9 Å². The lowest BCUT2D eigenvalue weighted by Gasteiger charge is -2.06. The maximum atomic E-state index is 10.5. The van der Waals surface area contributed by atoms with E-state index in [9.17, 15) is 4.79 Å². The second-order valence-electron chi connectivity index (χ2n) is 1.98. The highest BCUT2D eigenvalue weighted by Gasteiger charge is 2.32. The molecule has 56 valence electrons. The first kappa shape index (κ1) is 7.24. The second-order valence-corrected chi connectivity index (χ2v) is 1.98. The van der Waals surface area contributed by atoms with E-state index < -0.39 is 12.2 Å². The van der Waals surface area contributed by atoms with Gasteiger partial charge in [-0.05, 0) is 0 Å². The molecule has 0 aromatic heterocycles. The minimum absolute atomic E-state index is 0.108. The molecule has 0 amide bonds. The molecule has 0 radical (unpaired) electrons. The van der Waals surface area contributed by atoms with E-state index in [4.69, 9.17) is 10.5 Å². The van der Waals surface area contributed by atoms with E-state index in [2.05, 4.69) is 11.3 Å². The largest absolute Gasteiger partial charge is 0.441 e. The Morgan fingerprint density at radius 1 is 2.00 bits per heavy atom. The van der Waals surface area contributed by atoms with Gasteiger partial charge in [0.2, 0.25) is 0 Å². The zero-order valence-corrected chi connectivity index (χ0v) is 5.45. The fourth-order valence-corrected chi connectivity index (χ4v) is 0.503. The summed E-state index contributed by atoms with van der Waals surface area (Å²) in [5.41, 5.74) is 5.34. The third kappa shape index (κ3) is 1.82. The molecule has 0 aromatic rings. The van der Waals surface area contributed by atoms with Crippen LogP contribution in [-0.2, 0) is 14.3 Å². The molecule has 1 heterocycles. The molecule has 1 aliphatic rings. The minimum atomic E-state index is -0.634. The Hall–Kier alpha value is -0.870. The zero-order chi connectivity index (χ0) is 7.56. The molecule has 2 atom stereocenters. The van der Waals surface area contributed by atoms with Crippen molar-refractivity contribution in [3.8, 4) is 0 Å². The fourth-order valence-electron chi connectivity index (χ4n) is 0.503. The van der Waals surface area contributed by atoms with Gasteiger partial charge in [0.05, 0.1) is 6.61 Å². The van der Waals surface area contributed by atoms with Gasteiger partial charge in [-0.3, -0.25) is 5.73 Å². The number of hydrogen-bond donors (Lipinski definition) is 1. The monoisotopic (exact) mass is 143 g/mol. The van der Waals surface area contributed by atoms with Crippen molar-refractivity contribution in [1.29, 1.82) is 0 Å². The predicted molar refractivity (Wildman–Crippen MR) is 34.0 cm³/mol. The molecule has 0 aromatic carbocycles. The Morgan fingerprint density at radius 2 is 2.60 bits per heavy atom. The summed E-state index contributed by atoms with van der Waals surface area (Å²) in [6.07, 6.45) is 0.330. The van der Waals surface area contributed by atoms with Gasteiger partial charge < -0.3 is 9.47 Å². The summed E-state index contributed by atoms with van der Waals surface area (Å²) in [5.74, 6) is -0.511. The summed E-state index contributed by atoms with van der Waals surface area (Å²) in [6, 6.07) is 0. The summed E-state index contributed by atoms with van der Waals surface area (Å²) < 4.78 is 9.40. The van der Waals surface area contributed by atoms with Crippen molar-refractivity contribution in [2.75, 3.05) is 6.61 Å². The number of ether oxygens (including phenoxy) is 2. The maximum Gasteiger partial charge on any atom is 0.331 e. The van der Waals surface area contributed by atoms with Gasteiger partial charge in [-0.1, -0.05) is 6.58 Å². The molecule has 1 rings (SSSR count). The van der Waals surface area contributed by atoms with Gasteiger partial charge >= 0.3 is 5.97 Å². The average molecular weight is 143 g/mol. The highest BCUT2D eigenvalue weighted by Crippen LogP contribution is 2.12. The molecule has 10 heavy (non-hydrogen) atoms. The summed E-state index contributed by atoms with van der Waals surface area (Å²) in [6.45, 7) is 3.80. The summed E-state index contributed by atoms with van der Waals surface area (Å²) in [4.78, 5) is 10.5. The molecule has 2 unspecified atom stereocenters. The Kier molecular flexibility index (Phi) is 2.03. The fraction of sp³-hybridized carbons (Fsp3) is 0.500. The normalized spacial score (nSPS) is 25.1. The van der Waals surface area contributed by atoms with Gasteiger partial charge in [0.25, 0.3) is 0 Å². The molecule has 2 N–H and O–H groups in total. The molecule has 4 nitrogen and oxygen atoms in total. The van der Waals surface area contributed by atoms with Gasteiger partial charge in [-0.2, -0.15) is 0 Å². The van der Waals surface area contributed by atoms with E-state index in [1.165, 1.54) is 0 Å². The molecular formula is C6H9NO3. The standard InChI is InChI=1S/C6H9NO3/c1-2-5(8)10-6(7)4-3-9-4/h2,4,6H,1,3,7H2. The van der Waals surface area contributed by atoms with Crippen LogP contribution in [0.2, 0.25) is 0 Å². The van der Waals surface area contributed by atoms with Crippen molar-refractivity contribution < 1.29 is 14.3 Å². The number of epoxide rings is 1. The van der Waals surface area contributed by atoms with E-state index in [0.29, 0.717) is 6.61 Å². The molecule has 1 aliphatic heterocycles. The molecular weight excluding hydrogens is 134 g/mol. The lowest BCUT2D eigenvalue weighted by atomic mass is 10.4. The second kappa shape index (κ2) is 2.81. The highest BCUT2D eigenvalue weighted by molar-refractivity contribution is 5.81. The molecule has 0 spiro atoms. The first-order chi connectivity index (χ1) is 4.74. The quantitative estimate of drug-likeness (QED) is 0.248. The van der Waals surface area contributed by atoms with Crippen molar-refractivity contribution >= 4 is 5.97 Å². The lowest BCUT2D eigenvalue weighted by molar-refractivity contribution is -0.143. The highest BCUT2D eigenvalue weighted by atomic mass is 16.6. The number of esters is 1. The summed E-state index contributed by atoms with van der Waals surface area (Å²) in [7, 11) is 0. The zero-order valence-electron chi connectivity index (χ0n) is 5.45. The number of carbonyl (C=O) groups excluding carboxylic acids is 1. The van der Waals surface area contributed by atoms with Crippen LogP contribution in [0.3, 0.4) is 0 Å². The molecule has 1 fully saturated rings. The van der Waals surface area contributed by atoms with Crippen LogP contribution < -0.4 is 5.73 Å². The Balaban J connectivity index is 2.22. The summed E-state index contributed by atoms with van der Waals surface area (Å²) >= 11 is 0. The molecule has 0 bridgehead atoms. The van der Waals surface area contributed by atoms with E-state index in [1.54, 1.807) is 0 Å². The number of hydrogen-bond acceptors (Lipinski definition) is 4. The van der Waals surface area contributed by atoms with Gasteiger partial charge in [0.1, 0.15) is 6.10 Å². The number of carbonyl (C=O) groups is 1. The van der Waals surface area contributed by atoms with Gasteiger partial charge in [0, 0.05) is 6.08 Å². The lowest BCUT2D eigenvalue weighted by Crippen LogP contribution is -2.31. The predicted octanol–water partition coefficient (Wildman–Crippen LogP) is -0.601. The molecule has 1 saturated heterocycles. The third-order valence-electron chi connectivity index (χ3n) is 1.14. The van der Waals surface area contributed by atoms with Gasteiger partial charge in [-0.25, -0.2) is 4.79 Å². The maximum absolute atomic E-state index is 10.5. The van der Waals surface area contributed by atoms with Crippen molar-refractivity contribution in [3.63, 3.8) is 0 Å². The van der Waals surface area contributed by atoms with E-state index >= 15 is 0 Å². The third-order valence-corrected chi connectivity index (χ3v) is 1.14. The Bertz CT molecular complexity index is 153. The van der Waals surface area contributed by atoms with Crippen LogP contribution in [0.5, 0.6) is 0 Å². The minimum Gasteiger partial charge on any atom is -0.441 e. The average Bonchev–Trinajstić information content (AvgIpc) is 2.68. The van der Waals surface area contributed by atoms with Crippen molar-refractivity contribution in [3.05, 3.63) is 12.7 Å². The summed E-state index contributed by atoms with van der Waals surface area (Å²) in [5, 5.41) is 0. The van der Waals surface area contributed by atoms with E-state index in [0.717, 1.165) is 6.08 Å². The van der Waals surface area contributed by atoms with E-state index in [-0.39, 0.29) is 6.10 Å². The topological polar surface area (TPSA) is 64.8 Å². The van der Waals surface area contributed by atoms with Crippen LogP contribution in [0.25, 0.3) is 0 Å². The Labute approximate surface area is 58.6 Å². The van der Waals surface area contributed by atoms with E-state index in [1.807, 2.05) is 0 Å². The smallest absolute Gasteiger partial charge is 0.331 e. The van der Waals surface area contributed by atoms with Crippen LogP contribution in [0.4, 0.5) is 0 Å². The molecule has 4 heteroatoms.